The molecular weight excluding hydrogens is 206 g/mol. The first-order valence-corrected chi connectivity index (χ1v) is 3.83. The van der Waals surface area contributed by atoms with Crippen molar-refractivity contribution in [2.45, 2.75) is 11.8 Å². The summed E-state index contributed by atoms with van der Waals surface area (Å²) in [4.78, 5) is -0.377. The first kappa shape index (κ1) is 10.0. The van der Waals surface area contributed by atoms with E-state index in [-0.39, 0.29) is 11.4 Å². The first-order chi connectivity index (χ1) is 4.66. The lowest BCUT2D eigenvalue weighted by Gasteiger charge is -2.02. The summed E-state index contributed by atoms with van der Waals surface area (Å²) in [5, 5.41) is 0. The summed E-state index contributed by atoms with van der Waals surface area (Å²) in [7, 11) is 0. The van der Waals surface area contributed by atoms with Crippen LogP contribution in [0.3, 0.4) is 0 Å². The predicted octanol–water partition coefficient (Wildman–Crippen LogP) is 2.57. The Hall–Kier alpha value is 0.0400. The Morgan fingerprint density at radius 2 is 2.30 bits per heavy atom. The lowest BCUT2D eigenvalue weighted by atomic mass is 10.4. The average molecular weight is 215 g/mol. The zero-order chi connectivity index (χ0) is 7.98. The standard InChI is InChI=1S/C6H9BrF2O/c1-2-10-4-5(7)3-6(8)9/h3,5H,2,4H2,1H3. The highest BCUT2D eigenvalue weighted by molar-refractivity contribution is 9.09. The molecule has 1 unspecified atom stereocenters. The quantitative estimate of drug-likeness (QED) is 0.655. The highest BCUT2D eigenvalue weighted by Gasteiger charge is 2.01. The van der Waals surface area contributed by atoms with E-state index in [0.29, 0.717) is 6.61 Å². The van der Waals surface area contributed by atoms with Crippen LogP contribution in [0.1, 0.15) is 6.92 Å². The van der Waals surface area contributed by atoms with Gasteiger partial charge >= 0.3 is 0 Å². The fourth-order valence-electron chi connectivity index (χ4n) is 0.415. The molecule has 1 atom stereocenters. The summed E-state index contributed by atoms with van der Waals surface area (Å²) >= 11 is 3.00. The number of alkyl halides is 1. The van der Waals surface area contributed by atoms with Crippen LogP contribution in [0, 0.1) is 0 Å². The molecule has 1 nitrogen and oxygen atoms in total. The van der Waals surface area contributed by atoms with E-state index in [4.69, 9.17) is 4.74 Å². The fraction of sp³-hybridized carbons (Fsp3) is 0.667. The number of ether oxygens (including phenoxy) is 1. The van der Waals surface area contributed by atoms with Gasteiger partial charge in [-0.15, -0.1) is 0 Å². The third-order valence-corrected chi connectivity index (χ3v) is 1.32. The molecular formula is C6H9BrF2O. The van der Waals surface area contributed by atoms with E-state index in [1.807, 2.05) is 6.92 Å². The Kier molecular flexibility index (Phi) is 5.82. The van der Waals surface area contributed by atoms with Gasteiger partial charge in [0.2, 0.25) is 0 Å². The van der Waals surface area contributed by atoms with Crippen LogP contribution in [0.4, 0.5) is 8.78 Å². The van der Waals surface area contributed by atoms with Gasteiger partial charge in [0.15, 0.2) is 0 Å². The van der Waals surface area contributed by atoms with Gasteiger partial charge in [0.05, 0.1) is 11.4 Å². The molecule has 0 saturated heterocycles. The molecule has 0 saturated carbocycles. The largest absolute Gasteiger partial charge is 0.380 e. The molecule has 0 aliphatic heterocycles. The summed E-state index contributed by atoms with van der Waals surface area (Å²) in [6.07, 6.45) is -0.864. The van der Waals surface area contributed by atoms with Crippen LogP contribution < -0.4 is 0 Å². The molecule has 0 amide bonds. The van der Waals surface area contributed by atoms with E-state index in [9.17, 15) is 8.78 Å². The van der Waals surface area contributed by atoms with Crippen LogP contribution >= 0.6 is 15.9 Å². The van der Waals surface area contributed by atoms with Crippen molar-refractivity contribution in [3.05, 3.63) is 12.2 Å². The molecule has 60 valence electrons. The highest BCUT2D eigenvalue weighted by Crippen LogP contribution is 2.07. The van der Waals surface area contributed by atoms with E-state index in [1.165, 1.54) is 0 Å². The lowest BCUT2D eigenvalue weighted by Crippen LogP contribution is -2.05. The second-order valence-corrected chi connectivity index (χ2v) is 2.81. The summed E-state index contributed by atoms with van der Waals surface area (Å²) in [5.41, 5.74) is 0. The van der Waals surface area contributed by atoms with Gasteiger partial charge in [-0.05, 0) is 13.0 Å². The number of hydrogen-bond acceptors (Lipinski definition) is 1. The maximum atomic E-state index is 11.5. The summed E-state index contributed by atoms with van der Waals surface area (Å²) in [6, 6.07) is 0. The summed E-state index contributed by atoms with van der Waals surface area (Å²) in [6.45, 7) is 2.65. The Morgan fingerprint density at radius 3 is 2.70 bits per heavy atom. The lowest BCUT2D eigenvalue weighted by molar-refractivity contribution is 0.155. The normalized spacial score (nSPS) is 12.8. The highest BCUT2D eigenvalue weighted by atomic mass is 79.9. The van der Waals surface area contributed by atoms with Crippen LogP contribution in [0.5, 0.6) is 0 Å². The number of hydrogen-bond donors (Lipinski definition) is 0. The van der Waals surface area contributed by atoms with Crippen molar-refractivity contribution >= 4 is 15.9 Å². The Balaban J connectivity index is 3.43. The SMILES string of the molecule is CCOCC(Br)C=C(F)F. The Labute approximate surface area is 67.2 Å². The van der Waals surface area contributed by atoms with Gasteiger partial charge < -0.3 is 4.74 Å². The van der Waals surface area contributed by atoms with Gasteiger partial charge in [-0.25, -0.2) is 0 Å². The minimum absolute atomic E-state index is 0.286. The third kappa shape index (κ3) is 6.16. The van der Waals surface area contributed by atoms with E-state index in [1.54, 1.807) is 0 Å². The van der Waals surface area contributed by atoms with Crippen LogP contribution in [0.25, 0.3) is 0 Å². The topological polar surface area (TPSA) is 9.23 Å². The van der Waals surface area contributed by atoms with Gasteiger partial charge in [-0.2, -0.15) is 8.78 Å². The number of halogens is 3. The zero-order valence-corrected chi connectivity index (χ0v) is 7.20. The summed E-state index contributed by atoms with van der Waals surface area (Å²) < 4.78 is 27.8. The number of rotatable bonds is 4. The van der Waals surface area contributed by atoms with Gasteiger partial charge in [-0.3, -0.25) is 0 Å². The van der Waals surface area contributed by atoms with Crippen molar-refractivity contribution in [2.75, 3.05) is 13.2 Å². The molecule has 0 rings (SSSR count). The van der Waals surface area contributed by atoms with E-state index in [0.717, 1.165) is 6.08 Å². The van der Waals surface area contributed by atoms with Crippen molar-refractivity contribution in [3.8, 4) is 0 Å². The molecule has 0 aromatic rings. The molecule has 0 aliphatic carbocycles. The monoisotopic (exact) mass is 214 g/mol. The summed E-state index contributed by atoms with van der Waals surface area (Å²) in [5.74, 6) is 0. The van der Waals surface area contributed by atoms with Gasteiger partial charge in [0, 0.05) is 6.61 Å². The van der Waals surface area contributed by atoms with Crippen LogP contribution in [0.2, 0.25) is 0 Å². The second kappa shape index (κ2) is 5.80. The van der Waals surface area contributed by atoms with Gasteiger partial charge in [-0.1, -0.05) is 15.9 Å². The molecule has 0 heterocycles. The molecule has 0 radical (unpaired) electrons. The zero-order valence-electron chi connectivity index (χ0n) is 5.61. The molecule has 10 heavy (non-hydrogen) atoms. The van der Waals surface area contributed by atoms with Crippen molar-refractivity contribution in [1.82, 2.24) is 0 Å². The maximum absolute atomic E-state index is 11.5. The molecule has 0 bridgehead atoms. The van der Waals surface area contributed by atoms with Crippen LogP contribution in [0.15, 0.2) is 12.2 Å². The molecule has 0 N–H and O–H groups in total. The molecule has 0 aromatic carbocycles. The minimum Gasteiger partial charge on any atom is -0.380 e. The Bertz CT molecular complexity index is 112. The smallest absolute Gasteiger partial charge is 0.267 e. The van der Waals surface area contributed by atoms with E-state index >= 15 is 0 Å². The average Bonchev–Trinajstić information content (AvgIpc) is 1.82. The van der Waals surface area contributed by atoms with Crippen molar-refractivity contribution < 1.29 is 13.5 Å². The van der Waals surface area contributed by atoms with Crippen molar-refractivity contribution in [2.24, 2.45) is 0 Å². The minimum atomic E-state index is -1.68. The van der Waals surface area contributed by atoms with E-state index in [2.05, 4.69) is 15.9 Å². The van der Waals surface area contributed by atoms with Crippen LogP contribution in [-0.4, -0.2) is 18.0 Å². The van der Waals surface area contributed by atoms with E-state index < -0.39 is 6.08 Å². The fourth-order valence-corrected chi connectivity index (χ4v) is 0.802. The molecule has 0 aromatic heterocycles. The second-order valence-electron chi connectivity index (χ2n) is 1.63. The van der Waals surface area contributed by atoms with Crippen LogP contribution in [-0.2, 0) is 4.74 Å². The third-order valence-electron chi connectivity index (χ3n) is 0.788. The molecule has 4 heteroatoms. The Morgan fingerprint density at radius 1 is 1.70 bits per heavy atom. The first-order valence-electron chi connectivity index (χ1n) is 2.91. The molecule has 0 spiro atoms. The molecule has 0 aliphatic rings. The predicted molar refractivity (Wildman–Crippen MR) is 39.5 cm³/mol. The van der Waals surface area contributed by atoms with Crippen molar-refractivity contribution in [1.29, 1.82) is 0 Å². The molecule has 0 fully saturated rings. The maximum Gasteiger partial charge on any atom is 0.267 e. The van der Waals surface area contributed by atoms with Gasteiger partial charge in [0.1, 0.15) is 0 Å². The van der Waals surface area contributed by atoms with Gasteiger partial charge in [0.25, 0.3) is 6.08 Å². The van der Waals surface area contributed by atoms with Crippen molar-refractivity contribution in [3.63, 3.8) is 0 Å².